The molecule has 1 aromatic heterocycles. The number of fused-ring (bicyclic) bond motifs is 1. The van der Waals surface area contributed by atoms with Gasteiger partial charge in [0.15, 0.2) is 0 Å². The van der Waals surface area contributed by atoms with Gasteiger partial charge in [0.1, 0.15) is 5.75 Å². The van der Waals surface area contributed by atoms with Crippen molar-refractivity contribution in [2.75, 3.05) is 13.7 Å². The van der Waals surface area contributed by atoms with Gasteiger partial charge in [0.25, 0.3) is 0 Å². The van der Waals surface area contributed by atoms with Gasteiger partial charge in [-0.2, -0.15) is 0 Å². The van der Waals surface area contributed by atoms with E-state index in [-0.39, 0.29) is 0 Å². The van der Waals surface area contributed by atoms with E-state index < -0.39 is 0 Å². The van der Waals surface area contributed by atoms with Gasteiger partial charge < -0.3 is 10.1 Å². The Hall–Kier alpha value is -1.35. The summed E-state index contributed by atoms with van der Waals surface area (Å²) in [5, 5.41) is 3.43. The fourth-order valence-electron chi connectivity index (χ4n) is 2.30. The number of hydrogen-bond acceptors (Lipinski definition) is 3. The fourth-order valence-corrected chi connectivity index (χ4v) is 2.30. The molecule has 1 N–H and O–H groups in total. The van der Waals surface area contributed by atoms with Gasteiger partial charge >= 0.3 is 0 Å². The Labute approximate surface area is 89.2 Å². The van der Waals surface area contributed by atoms with Crippen molar-refractivity contribution < 1.29 is 4.74 Å². The maximum absolute atomic E-state index is 5.18. The molecule has 0 bridgehead atoms. The third-order valence-corrected chi connectivity index (χ3v) is 3.31. The van der Waals surface area contributed by atoms with Gasteiger partial charge in [0.05, 0.1) is 13.3 Å². The predicted molar refractivity (Wildman–Crippen MR) is 58.7 cm³/mol. The highest BCUT2D eigenvalue weighted by Crippen LogP contribution is 2.36. The molecule has 3 heteroatoms. The average Bonchev–Trinajstić information content (AvgIpc) is 2.55. The van der Waals surface area contributed by atoms with Crippen LogP contribution in [-0.4, -0.2) is 24.7 Å². The third-order valence-electron chi connectivity index (χ3n) is 3.31. The molecule has 3 nitrogen and oxygen atoms in total. The Bertz CT molecular complexity index is 414. The molecule has 0 aromatic carbocycles. The monoisotopic (exact) mass is 202 g/mol. The van der Waals surface area contributed by atoms with Gasteiger partial charge in [-0.15, -0.1) is 0 Å². The van der Waals surface area contributed by atoms with Gasteiger partial charge in [0, 0.05) is 24.7 Å². The summed E-state index contributed by atoms with van der Waals surface area (Å²) in [5.41, 5.74) is 2.60. The summed E-state index contributed by atoms with van der Waals surface area (Å²) in [6, 6.07) is 2.73. The van der Waals surface area contributed by atoms with Crippen LogP contribution in [-0.2, 0) is 0 Å². The number of pyridine rings is 1. The lowest BCUT2D eigenvalue weighted by atomic mass is 9.95. The van der Waals surface area contributed by atoms with Crippen molar-refractivity contribution in [3.05, 3.63) is 30.1 Å². The van der Waals surface area contributed by atoms with Crippen molar-refractivity contribution in [3.8, 4) is 5.75 Å². The van der Waals surface area contributed by atoms with Crippen LogP contribution in [0.2, 0.25) is 0 Å². The maximum atomic E-state index is 5.18. The Balaban J connectivity index is 1.89. The van der Waals surface area contributed by atoms with Crippen LogP contribution in [0, 0.1) is 5.92 Å². The van der Waals surface area contributed by atoms with E-state index in [9.17, 15) is 0 Å². The van der Waals surface area contributed by atoms with Crippen molar-refractivity contribution in [3.63, 3.8) is 0 Å². The molecule has 0 amide bonds. The number of methoxy groups -OCH3 is 1. The molecule has 2 aliphatic rings. The van der Waals surface area contributed by atoms with E-state index in [0.717, 1.165) is 24.6 Å². The molecule has 1 aromatic rings. The van der Waals surface area contributed by atoms with E-state index in [1.54, 1.807) is 13.3 Å². The van der Waals surface area contributed by atoms with Crippen molar-refractivity contribution in [2.45, 2.75) is 12.5 Å². The molecule has 1 saturated heterocycles. The second kappa shape index (κ2) is 3.35. The van der Waals surface area contributed by atoms with Gasteiger partial charge in [-0.1, -0.05) is 6.08 Å². The van der Waals surface area contributed by atoms with Crippen molar-refractivity contribution in [1.29, 1.82) is 0 Å². The summed E-state index contributed by atoms with van der Waals surface area (Å²) < 4.78 is 5.18. The van der Waals surface area contributed by atoms with E-state index in [4.69, 9.17) is 4.74 Å². The number of rotatable bonds is 2. The molecule has 0 radical (unpaired) electrons. The van der Waals surface area contributed by atoms with Gasteiger partial charge in [-0.25, -0.2) is 0 Å². The van der Waals surface area contributed by atoms with Crippen LogP contribution >= 0.6 is 0 Å². The van der Waals surface area contributed by atoms with Crippen LogP contribution in [0.5, 0.6) is 5.75 Å². The predicted octanol–water partition coefficient (Wildman–Crippen LogP) is 1.47. The van der Waals surface area contributed by atoms with Gasteiger partial charge in [0.2, 0.25) is 0 Å². The zero-order valence-electron chi connectivity index (χ0n) is 8.73. The second-order valence-corrected chi connectivity index (χ2v) is 4.19. The molecular formula is C12H14N2O. The largest absolute Gasteiger partial charge is 0.495 e. The van der Waals surface area contributed by atoms with Crippen LogP contribution in [0.1, 0.15) is 12.0 Å². The van der Waals surface area contributed by atoms with Crippen LogP contribution in [0.25, 0.3) is 5.57 Å². The Kier molecular flexibility index (Phi) is 1.99. The molecule has 15 heavy (non-hydrogen) atoms. The molecule has 0 spiro atoms. The SMILES string of the molecule is COc1cncc(C2=CC3CNC3C2)c1. The van der Waals surface area contributed by atoms with Crippen LogP contribution in [0.3, 0.4) is 0 Å². The number of ether oxygens (including phenoxy) is 1. The summed E-state index contributed by atoms with van der Waals surface area (Å²) in [7, 11) is 1.68. The molecule has 0 saturated carbocycles. The van der Waals surface area contributed by atoms with Gasteiger partial charge in [-0.3, -0.25) is 4.98 Å². The summed E-state index contributed by atoms with van der Waals surface area (Å²) in [5.74, 6) is 1.58. The van der Waals surface area contributed by atoms with E-state index >= 15 is 0 Å². The minimum atomic E-state index is 0.672. The summed E-state index contributed by atoms with van der Waals surface area (Å²) in [6.45, 7) is 1.13. The van der Waals surface area contributed by atoms with Crippen LogP contribution < -0.4 is 10.1 Å². The fraction of sp³-hybridized carbons (Fsp3) is 0.417. The van der Waals surface area contributed by atoms with Gasteiger partial charge in [-0.05, 0) is 23.6 Å². The van der Waals surface area contributed by atoms with Crippen molar-refractivity contribution in [2.24, 2.45) is 5.92 Å². The maximum Gasteiger partial charge on any atom is 0.137 e. The van der Waals surface area contributed by atoms with E-state index in [1.807, 2.05) is 6.20 Å². The van der Waals surface area contributed by atoms with Crippen LogP contribution in [0.4, 0.5) is 0 Å². The van der Waals surface area contributed by atoms with Crippen molar-refractivity contribution in [1.82, 2.24) is 10.3 Å². The second-order valence-electron chi connectivity index (χ2n) is 4.19. The summed E-state index contributed by atoms with van der Waals surface area (Å²) in [4.78, 5) is 4.18. The molecule has 2 unspecified atom stereocenters. The Morgan fingerprint density at radius 1 is 1.47 bits per heavy atom. The number of hydrogen-bond donors (Lipinski definition) is 1. The number of nitrogens with zero attached hydrogens (tertiary/aromatic N) is 1. The molecule has 2 atom stereocenters. The van der Waals surface area contributed by atoms with E-state index in [1.165, 1.54) is 11.1 Å². The lowest BCUT2D eigenvalue weighted by Crippen LogP contribution is -2.49. The average molecular weight is 202 g/mol. The number of nitrogens with one attached hydrogen (secondary N) is 1. The molecule has 1 aliphatic heterocycles. The first-order valence-electron chi connectivity index (χ1n) is 5.30. The van der Waals surface area contributed by atoms with Crippen molar-refractivity contribution >= 4 is 5.57 Å². The lowest BCUT2D eigenvalue weighted by Gasteiger charge is -2.31. The number of aromatic nitrogens is 1. The third kappa shape index (κ3) is 1.43. The smallest absolute Gasteiger partial charge is 0.137 e. The highest BCUT2D eigenvalue weighted by Gasteiger charge is 2.34. The molecule has 1 fully saturated rings. The first kappa shape index (κ1) is 8.92. The molecule has 2 heterocycles. The molecule has 3 rings (SSSR count). The highest BCUT2D eigenvalue weighted by molar-refractivity contribution is 5.69. The first-order valence-corrected chi connectivity index (χ1v) is 5.30. The van der Waals surface area contributed by atoms with E-state index in [2.05, 4.69) is 22.4 Å². The molecular weight excluding hydrogens is 188 g/mol. The highest BCUT2D eigenvalue weighted by atomic mass is 16.5. The lowest BCUT2D eigenvalue weighted by molar-refractivity contribution is 0.306. The molecule has 78 valence electrons. The minimum Gasteiger partial charge on any atom is -0.495 e. The zero-order chi connectivity index (χ0) is 10.3. The first-order chi connectivity index (χ1) is 7.36. The Morgan fingerprint density at radius 3 is 3.00 bits per heavy atom. The minimum absolute atomic E-state index is 0.672. The summed E-state index contributed by atoms with van der Waals surface area (Å²) in [6.07, 6.45) is 7.15. The topological polar surface area (TPSA) is 34.1 Å². The van der Waals surface area contributed by atoms with Crippen LogP contribution in [0.15, 0.2) is 24.5 Å². The zero-order valence-corrected chi connectivity index (χ0v) is 8.73. The molecule has 1 aliphatic carbocycles. The van der Waals surface area contributed by atoms with E-state index in [0.29, 0.717) is 6.04 Å². The summed E-state index contributed by atoms with van der Waals surface area (Å²) >= 11 is 0. The quantitative estimate of drug-likeness (QED) is 0.788. The normalized spacial score (nSPS) is 27.9. The Morgan fingerprint density at radius 2 is 2.40 bits per heavy atom. The standard InChI is InChI=1S/C12H14N2O/c1-15-11-3-9(5-13-7-11)8-2-10-6-14-12(10)4-8/h2-3,5,7,10,12,14H,4,6H2,1H3.